The van der Waals surface area contributed by atoms with Crippen molar-refractivity contribution >= 4 is 23.0 Å². The molecule has 0 saturated carbocycles. The highest BCUT2D eigenvalue weighted by Crippen LogP contribution is 2.24. The van der Waals surface area contributed by atoms with Gasteiger partial charge >= 0.3 is 0 Å². The third-order valence-corrected chi connectivity index (χ3v) is 5.41. The van der Waals surface area contributed by atoms with Crippen LogP contribution in [-0.2, 0) is 0 Å². The van der Waals surface area contributed by atoms with Crippen molar-refractivity contribution < 1.29 is 9.59 Å². The van der Waals surface area contributed by atoms with E-state index in [1.54, 1.807) is 35.6 Å². The molecule has 0 aliphatic carbocycles. The van der Waals surface area contributed by atoms with E-state index < -0.39 is 0 Å². The van der Waals surface area contributed by atoms with Crippen LogP contribution in [0.3, 0.4) is 0 Å². The van der Waals surface area contributed by atoms with E-state index in [1.807, 2.05) is 4.90 Å². The molecule has 1 atom stereocenters. The van der Waals surface area contributed by atoms with Gasteiger partial charge in [-0.1, -0.05) is 12.1 Å². The van der Waals surface area contributed by atoms with Crippen LogP contribution in [0.4, 0.5) is 0 Å². The van der Waals surface area contributed by atoms with Crippen LogP contribution >= 0.6 is 11.3 Å². The predicted octanol–water partition coefficient (Wildman–Crippen LogP) is 3.47. The molecule has 1 amide bonds. The number of ketones is 1. The number of hydrogen-bond acceptors (Lipinski definition) is 4. The number of benzene rings is 1. The molecule has 2 heterocycles. The third-order valence-electron chi connectivity index (χ3n) is 4.71. The SMILES string of the molecule is CC(=O)c1ccc(C(=O)N2CCN([C@H](C)c3ccsc3)CC2)cc1. The van der Waals surface area contributed by atoms with Gasteiger partial charge in [-0.15, -0.1) is 0 Å². The van der Waals surface area contributed by atoms with Crippen molar-refractivity contribution in [3.05, 3.63) is 57.8 Å². The maximum absolute atomic E-state index is 12.6. The summed E-state index contributed by atoms with van der Waals surface area (Å²) in [6.45, 7) is 7.00. The Morgan fingerprint density at radius 3 is 2.17 bits per heavy atom. The zero-order valence-corrected chi connectivity index (χ0v) is 14.9. The van der Waals surface area contributed by atoms with Gasteiger partial charge in [0.15, 0.2) is 5.78 Å². The maximum Gasteiger partial charge on any atom is 0.253 e. The number of piperazine rings is 1. The molecule has 126 valence electrons. The van der Waals surface area contributed by atoms with E-state index in [0.717, 1.165) is 26.2 Å². The predicted molar refractivity (Wildman–Crippen MR) is 96.7 cm³/mol. The van der Waals surface area contributed by atoms with Crippen molar-refractivity contribution in [1.29, 1.82) is 0 Å². The first-order valence-corrected chi connectivity index (χ1v) is 9.17. The molecule has 0 N–H and O–H groups in total. The molecule has 24 heavy (non-hydrogen) atoms. The molecular formula is C19H22N2O2S. The number of thiophene rings is 1. The summed E-state index contributed by atoms with van der Waals surface area (Å²) in [5.74, 6) is 0.0676. The van der Waals surface area contributed by atoms with Crippen LogP contribution in [0.15, 0.2) is 41.1 Å². The third kappa shape index (κ3) is 3.57. The van der Waals surface area contributed by atoms with E-state index in [9.17, 15) is 9.59 Å². The van der Waals surface area contributed by atoms with Crippen LogP contribution in [0.2, 0.25) is 0 Å². The standard InChI is InChI=1S/C19H22N2O2S/c1-14(18-7-12-24-13-18)20-8-10-21(11-9-20)19(23)17-5-3-16(4-6-17)15(2)22/h3-7,12-14H,8-11H2,1-2H3/t14-/m1/s1. The van der Waals surface area contributed by atoms with Crippen molar-refractivity contribution in [3.8, 4) is 0 Å². The fraction of sp³-hybridized carbons (Fsp3) is 0.368. The molecule has 1 aliphatic heterocycles. The highest BCUT2D eigenvalue weighted by atomic mass is 32.1. The second kappa shape index (κ2) is 7.28. The van der Waals surface area contributed by atoms with Crippen molar-refractivity contribution in [3.63, 3.8) is 0 Å². The molecule has 1 aromatic carbocycles. The van der Waals surface area contributed by atoms with Crippen molar-refractivity contribution in [2.75, 3.05) is 26.2 Å². The quantitative estimate of drug-likeness (QED) is 0.799. The number of hydrogen-bond donors (Lipinski definition) is 0. The number of carbonyl (C=O) groups excluding carboxylic acids is 2. The molecule has 0 bridgehead atoms. The first-order chi connectivity index (χ1) is 11.6. The lowest BCUT2D eigenvalue weighted by atomic mass is 10.1. The largest absolute Gasteiger partial charge is 0.336 e. The smallest absolute Gasteiger partial charge is 0.253 e. The molecular weight excluding hydrogens is 320 g/mol. The van der Waals surface area contributed by atoms with E-state index in [0.29, 0.717) is 17.2 Å². The van der Waals surface area contributed by atoms with Crippen LogP contribution in [0.5, 0.6) is 0 Å². The van der Waals surface area contributed by atoms with Gasteiger partial charge in [0.1, 0.15) is 0 Å². The Labute approximate surface area is 146 Å². The lowest BCUT2D eigenvalue weighted by molar-refractivity contribution is 0.0582. The van der Waals surface area contributed by atoms with E-state index in [2.05, 4.69) is 28.7 Å². The van der Waals surface area contributed by atoms with E-state index in [4.69, 9.17) is 0 Å². The Bertz CT molecular complexity index is 701. The zero-order chi connectivity index (χ0) is 17.1. The molecule has 1 saturated heterocycles. The van der Waals surface area contributed by atoms with Crippen LogP contribution < -0.4 is 0 Å². The van der Waals surface area contributed by atoms with Crippen LogP contribution in [-0.4, -0.2) is 47.7 Å². The molecule has 0 spiro atoms. The maximum atomic E-state index is 12.6. The molecule has 3 rings (SSSR count). The zero-order valence-electron chi connectivity index (χ0n) is 14.1. The summed E-state index contributed by atoms with van der Waals surface area (Å²) in [5, 5.41) is 4.30. The van der Waals surface area contributed by atoms with Gasteiger partial charge in [-0.05, 0) is 48.4 Å². The Kier molecular flexibility index (Phi) is 5.11. The van der Waals surface area contributed by atoms with Crippen molar-refractivity contribution in [2.45, 2.75) is 19.9 Å². The summed E-state index contributed by atoms with van der Waals surface area (Å²) in [6.07, 6.45) is 0. The minimum atomic E-state index is 0.0185. The van der Waals surface area contributed by atoms with Crippen molar-refractivity contribution in [1.82, 2.24) is 9.80 Å². The number of carbonyl (C=O) groups is 2. The Morgan fingerprint density at radius 1 is 1.00 bits per heavy atom. The van der Waals surface area contributed by atoms with Gasteiger partial charge in [-0.3, -0.25) is 14.5 Å². The summed E-state index contributed by atoms with van der Waals surface area (Å²) in [7, 11) is 0. The number of amides is 1. The average molecular weight is 342 g/mol. The molecule has 5 heteroatoms. The monoisotopic (exact) mass is 342 g/mol. The minimum Gasteiger partial charge on any atom is -0.336 e. The lowest BCUT2D eigenvalue weighted by Gasteiger charge is -2.38. The number of rotatable bonds is 4. The van der Waals surface area contributed by atoms with E-state index in [-0.39, 0.29) is 11.7 Å². The van der Waals surface area contributed by atoms with Gasteiger partial charge in [0, 0.05) is 43.3 Å². The van der Waals surface area contributed by atoms with Gasteiger partial charge < -0.3 is 4.90 Å². The normalized spacial score (nSPS) is 16.8. The summed E-state index contributed by atoms with van der Waals surface area (Å²) < 4.78 is 0. The topological polar surface area (TPSA) is 40.6 Å². The lowest BCUT2D eigenvalue weighted by Crippen LogP contribution is -2.49. The van der Waals surface area contributed by atoms with Gasteiger partial charge in [-0.2, -0.15) is 11.3 Å². The van der Waals surface area contributed by atoms with Crippen LogP contribution in [0.25, 0.3) is 0 Å². The van der Waals surface area contributed by atoms with Gasteiger partial charge in [0.05, 0.1) is 0 Å². The fourth-order valence-electron chi connectivity index (χ4n) is 3.07. The Hall–Kier alpha value is -1.98. The van der Waals surface area contributed by atoms with Gasteiger partial charge in [0.25, 0.3) is 5.91 Å². The molecule has 1 aliphatic rings. The molecule has 1 aromatic heterocycles. The molecule has 1 fully saturated rings. The van der Waals surface area contributed by atoms with Gasteiger partial charge in [-0.25, -0.2) is 0 Å². The highest BCUT2D eigenvalue weighted by Gasteiger charge is 2.25. The minimum absolute atomic E-state index is 0.0185. The van der Waals surface area contributed by atoms with Crippen molar-refractivity contribution in [2.24, 2.45) is 0 Å². The van der Waals surface area contributed by atoms with Crippen LogP contribution in [0.1, 0.15) is 46.2 Å². The van der Waals surface area contributed by atoms with Crippen LogP contribution in [0, 0.1) is 0 Å². The summed E-state index contributed by atoms with van der Waals surface area (Å²) in [5.41, 5.74) is 2.64. The molecule has 4 nitrogen and oxygen atoms in total. The fourth-order valence-corrected chi connectivity index (χ4v) is 3.81. The first-order valence-electron chi connectivity index (χ1n) is 8.22. The van der Waals surface area contributed by atoms with Gasteiger partial charge in [0.2, 0.25) is 0 Å². The van der Waals surface area contributed by atoms with E-state index >= 15 is 0 Å². The summed E-state index contributed by atoms with van der Waals surface area (Å²) in [6, 6.07) is 9.51. The Morgan fingerprint density at radius 2 is 1.62 bits per heavy atom. The Balaban J connectivity index is 1.59. The number of Topliss-reactive ketones (excluding diaryl/α,β-unsaturated/α-hetero) is 1. The molecule has 2 aromatic rings. The number of nitrogens with zero attached hydrogens (tertiary/aromatic N) is 2. The first kappa shape index (κ1) is 16.9. The summed E-state index contributed by atoms with van der Waals surface area (Å²) >= 11 is 1.72. The second-order valence-corrected chi connectivity index (χ2v) is 6.97. The highest BCUT2D eigenvalue weighted by molar-refractivity contribution is 7.07. The second-order valence-electron chi connectivity index (χ2n) is 6.19. The molecule has 0 unspecified atom stereocenters. The average Bonchev–Trinajstić information content (AvgIpc) is 3.15. The summed E-state index contributed by atoms with van der Waals surface area (Å²) in [4.78, 5) is 28.3. The van der Waals surface area contributed by atoms with E-state index in [1.165, 1.54) is 12.5 Å². The molecule has 0 radical (unpaired) electrons.